The van der Waals surface area contributed by atoms with Gasteiger partial charge in [-0.2, -0.15) is 13.2 Å². The van der Waals surface area contributed by atoms with Crippen molar-refractivity contribution in [2.45, 2.75) is 64.2 Å². The van der Waals surface area contributed by atoms with Crippen LogP contribution in [0.2, 0.25) is 0 Å². The lowest BCUT2D eigenvalue weighted by Gasteiger charge is -2.37. The van der Waals surface area contributed by atoms with Crippen LogP contribution in [0.15, 0.2) is 24.3 Å². The van der Waals surface area contributed by atoms with E-state index >= 15 is 0 Å². The third-order valence-electron chi connectivity index (χ3n) is 4.36. The van der Waals surface area contributed by atoms with E-state index in [1.165, 1.54) is 0 Å². The Balaban J connectivity index is 2.06. The molecule has 0 spiro atoms. The highest BCUT2D eigenvalue weighted by atomic mass is 19.4. The number of rotatable bonds is 5. The molecular formula is C17H23F3N2O. The molecule has 0 unspecified atom stereocenters. The van der Waals surface area contributed by atoms with Gasteiger partial charge in [-0.1, -0.05) is 24.3 Å². The van der Waals surface area contributed by atoms with Gasteiger partial charge in [-0.05, 0) is 51.2 Å². The zero-order valence-corrected chi connectivity index (χ0v) is 13.7. The molecule has 0 aliphatic carbocycles. The molecule has 1 N–H and O–H groups in total. The summed E-state index contributed by atoms with van der Waals surface area (Å²) in [5.41, 5.74) is 3.71. The van der Waals surface area contributed by atoms with Crippen molar-refractivity contribution in [3.63, 3.8) is 0 Å². The second kappa shape index (κ2) is 6.51. The number of nitrogens with one attached hydrogen (secondary N) is 1. The molecule has 0 bridgehead atoms. The first-order chi connectivity index (χ1) is 10.6. The van der Waals surface area contributed by atoms with E-state index in [4.69, 9.17) is 0 Å². The summed E-state index contributed by atoms with van der Waals surface area (Å²) < 4.78 is 40.4. The Morgan fingerprint density at radius 2 is 1.96 bits per heavy atom. The summed E-state index contributed by atoms with van der Waals surface area (Å²) in [5.74, 6) is -0.358. The van der Waals surface area contributed by atoms with E-state index in [2.05, 4.69) is 5.43 Å². The SMILES string of the molecule is Cc1ccccc1CCC[C@H](N1NC(=O)CC1(C)C)C(F)(F)F. The first-order valence-corrected chi connectivity index (χ1v) is 7.81. The third kappa shape index (κ3) is 4.25. The maximum Gasteiger partial charge on any atom is 0.405 e. The molecule has 1 aromatic rings. The lowest BCUT2D eigenvalue weighted by atomic mass is 9.96. The molecule has 0 aromatic heterocycles. The van der Waals surface area contributed by atoms with Crippen molar-refractivity contribution in [1.82, 2.24) is 10.4 Å². The fourth-order valence-electron chi connectivity index (χ4n) is 3.12. The smallest absolute Gasteiger partial charge is 0.288 e. The Morgan fingerprint density at radius 3 is 2.48 bits per heavy atom. The third-order valence-corrected chi connectivity index (χ3v) is 4.36. The van der Waals surface area contributed by atoms with Crippen molar-refractivity contribution in [1.29, 1.82) is 0 Å². The summed E-state index contributed by atoms with van der Waals surface area (Å²) in [4.78, 5) is 11.5. The van der Waals surface area contributed by atoms with Crippen LogP contribution in [0.1, 0.15) is 44.2 Å². The van der Waals surface area contributed by atoms with Gasteiger partial charge < -0.3 is 0 Å². The van der Waals surface area contributed by atoms with Gasteiger partial charge in [-0.15, -0.1) is 0 Å². The molecule has 3 nitrogen and oxygen atoms in total. The molecule has 128 valence electrons. The van der Waals surface area contributed by atoms with Gasteiger partial charge in [0.2, 0.25) is 5.91 Å². The highest BCUT2D eigenvalue weighted by molar-refractivity contribution is 5.78. The largest absolute Gasteiger partial charge is 0.405 e. The van der Waals surface area contributed by atoms with Crippen LogP contribution in [-0.4, -0.2) is 28.7 Å². The van der Waals surface area contributed by atoms with Gasteiger partial charge in [0.15, 0.2) is 0 Å². The molecule has 2 rings (SSSR count). The number of hydrogen-bond acceptors (Lipinski definition) is 2. The minimum absolute atomic E-state index is 0.0401. The van der Waals surface area contributed by atoms with E-state index in [-0.39, 0.29) is 18.7 Å². The van der Waals surface area contributed by atoms with Gasteiger partial charge in [0.25, 0.3) is 0 Å². The quantitative estimate of drug-likeness (QED) is 0.892. The minimum atomic E-state index is -4.37. The van der Waals surface area contributed by atoms with Crippen LogP contribution in [-0.2, 0) is 11.2 Å². The Bertz CT molecular complexity index is 569. The molecule has 6 heteroatoms. The second-order valence-corrected chi connectivity index (χ2v) is 6.77. The standard InChI is InChI=1S/C17H23F3N2O/c1-12-7-4-5-8-13(12)9-6-10-14(17(18,19)20)22-16(2,3)11-15(23)21-22/h4-5,7-8,14H,6,9-11H2,1-3H3,(H,21,23)/t14-/m0/s1. The summed E-state index contributed by atoms with van der Waals surface area (Å²) in [5, 5.41) is 1.09. The average molecular weight is 328 g/mol. The van der Waals surface area contributed by atoms with Crippen LogP contribution < -0.4 is 5.43 Å². The van der Waals surface area contributed by atoms with Crippen molar-refractivity contribution >= 4 is 5.91 Å². The molecule has 1 heterocycles. The van der Waals surface area contributed by atoms with Crippen LogP contribution >= 0.6 is 0 Å². The highest BCUT2D eigenvalue weighted by Gasteiger charge is 2.51. The maximum atomic E-state index is 13.5. The van der Waals surface area contributed by atoms with Crippen molar-refractivity contribution in [2.75, 3.05) is 0 Å². The van der Waals surface area contributed by atoms with E-state index in [1.807, 2.05) is 31.2 Å². The molecular weight excluding hydrogens is 305 g/mol. The summed E-state index contributed by atoms with van der Waals surface area (Å²) >= 11 is 0. The molecule has 0 saturated carbocycles. The van der Waals surface area contributed by atoms with Gasteiger partial charge in [-0.3, -0.25) is 10.2 Å². The summed E-state index contributed by atoms with van der Waals surface area (Å²) in [7, 11) is 0. The van der Waals surface area contributed by atoms with Gasteiger partial charge in [0, 0.05) is 12.0 Å². The first-order valence-electron chi connectivity index (χ1n) is 7.81. The molecule has 1 atom stereocenters. The van der Waals surface area contributed by atoms with Crippen LogP contribution in [0, 0.1) is 6.92 Å². The second-order valence-electron chi connectivity index (χ2n) is 6.77. The fourth-order valence-corrected chi connectivity index (χ4v) is 3.12. The number of hydrazine groups is 1. The lowest BCUT2D eigenvalue weighted by Crippen LogP contribution is -2.56. The normalized spacial score (nSPS) is 19.7. The first kappa shape index (κ1) is 17.8. The molecule has 1 fully saturated rings. The number of benzene rings is 1. The Morgan fingerprint density at radius 1 is 1.30 bits per heavy atom. The highest BCUT2D eigenvalue weighted by Crippen LogP contribution is 2.35. The van der Waals surface area contributed by atoms with E-state index < -0.39 is 17.8 Å². The van der Waals surface area contributed by atoms with Crippen molar-refractivity contribution < 1.29 is 18.0 Å². The topological polar surface area (TPSA) is 32.3 Å². The minimum Gasteiger partial charge on any atom is -0.288 e. The fraction of sp³-hybridized carbons (Fsp3) is 0.588. The monoisotopic (exact) mass is 328 g/mol. The van der Waals surface area contributed by atoms with E-state index in [1.54, 1.807) is 13.8 Å². The molecule has 0 radical (unpaired) electrons. The predicted octanol–water partition coefficient (Wildman–Crippen LogP) is 3.76. The maximum absolute atomic E-state index is 13.5. The van der Waals surface area contributed by atoms with E-state index in [0.717, 1.165) is 16.1 Å². The number of hydrogen-bond donors (Lipinski definition) is 1. The molecule has 23 heavy (non-hydrogen) atoms. The number of aryl methyl sites for hydroxylation is 2. The van der Waals surface area contributed by atoms with Gasteiger partial charge in [0.1, 0.15) is 6.04 Å². The number of carbonyl (C=O) groups is 1. The zero-order valence-electron chi connectivity index (χ0n) is 13.7. The summed E-state index contributed by atoms with van der Waals surface area (Å²) in [6.07, 6.45) is -3.32. The Kier molecular flexibility index (Phi) is 5.04. The van der Waals surface area contributed by atoms with Gasteiger partial charge in [0.05, 0.1) is 0 Å². The molecule has 1 aromatic carbocycles. The van der Waals surface area contributed by atoms with Crippen LogP contribution in [0.5, 0.6) is 0 Å². The van der Waals surface area contributed by atoms with Crippen LogP contribution in [0.4, 0.5) is 13.2 Å². The molecule has 1 aliphatic rings. The summed E-state index contributed by atoms with van der Waals surface area (Å²) in [6, 6.07) is 6.06. The number of nitrogens with zero attached hydrogens (tertiary/aromatic N) is 1. The Labute approximate surface area is 134 Å². The van der Waals surface area contributed by atoms with E-state index in [9.17, 15) is 18.0 Å². The van der Waals surface area contributed by atoms with Crippen molar-refractivity contribution in [3.05, 3.63) is 35.4 Å². The number of alkyl halides is 3. The van der Waals surface area contributed by atoms with Crippen LogP contribution in [0.25, 0.3) is 0 Å². The van der Waals surface area contributed by atoms with Crippen molar-refractivity contribution in [3.8, 4) is 0 Å². The number of carbonyl (C=O) groups excluding carboxylic acids is 1. The molecule has 1 amide bonds. The summed E-state index contributed by atoms with van der Waals surface area (Å²) in [6.45, 7) is 5.27. The number of amides is 1. The van der Waals surface area contributed by atoms with Gasteiger partial charge in [-0.25, -0.2) is 5.01 Å². The van der Waals surface area contributed by atoms with Gasteiger partial charge >= 0.3 is 6.18 Å². The van der Waals surface area contributed by atoms with Crippen LogP contribution in [0.3, 0.4) is 0 Å². The molecule has 1 saturated heterocycles. The Hall–Kier alpha value is -1.56. The number of halogens is 3. The van der Waals surface area contributed by atoms with E-state index in [0.29, 0.717) is 12.8 Å². The molecule has 1 aliphatic heterocycles. The zero-order chi connectivity index (χ0) is 17.3. The lowest BCUT2D eigenvalue weighted by molar-refractivity contribution is -0.202. The average Bonchev–Trinajstić information content (AvgIpc) is 2.68. The van der Waals surface area contributed by atoms with Crippen molar-refractivity contribution in [2.24, 2.45) is 0 Å². The predicted molar refractivity (Wildman–Crippen MR) is 82.6 cm³/mol.